The molecule has 0 atom stereocenters. The molecule has 2 aromatic heterocycles. The monoisotopic (exact) mass is 279 g/mol. The minimum absolute atomic E-state index is 0.522. The highest BCUT2D eigenvalue weighted by Crippen LogP contribution is 2.24. The maximum Gasteiger partial charge on any atom is 0.159 e. The van der Waals surface area contributed by atoms with Gasteiger partial charge in [-0.1, -0.05) is 23.8 Å². The molecule has 6 heteroatoms. The van der Waals surface area contributed by atoms with Crippen molar-refractivity contribution in [3.8, 4) is 11.5 Å². The zero-order valence-corrected chi connectivity index (χ0v) is 11.0. The first-order valence-electron chi connectivity index (χ1n) is 5.56. The van der Waals surface area contributed by atoms with E-state index in [1.165, 1.54) is 0 Å². The number of aromatic amines is 1. The lowest BCUT2D eigenvalue weighted by Crippen LogP contribution is -2.14. The van der Waals surface area contributed by atoms with Crippen LogP contribution >= 0.6 is 23.8 Å². The van der Waals surface area contributed by atoms with Crippen LogP contribution in [0.15, 0.2) is 18.3 Å². The summed E-state index contributed by atoms with van der Waals surface area (Å²) in [7, 11) is 0. The Bertz CT molecular complexity index is 656. The van der Waals surface area contributed by atoms with Gasteiger partial charge in [-0.05, 0) is 12.1 Å². The van der Waals surface area contributed by atoms with Crippen LogP contribution in [-0.4, -0.2) is 21.6 Å². The molecule has 0 spiro atoms. The second-order valence-corrected chi connectivity index (χ2v) is 4.78. The highest BCUT2D eigenvalue weighted by Gasteiger charge is 2.15. The highest BCUT2D eigenvalue weighted by molar-refractivity contribution is 7.71. The molecule has 0 bridgehead atoms. The van der Waals surface area contributed by atoms with Gasteiger partial charge in [0.05, 0.1) is 18.2 Å². The molecule has 4 nitrogen and oxygen atoms in total. The molecule has 0 amide bonds. The fourth-order valence-corrected chi connectivity index (χ4v) is 2.41. The first-order chi connectivity index (χ1) is 8.75. The first kappa shape index (κ1) is 11.8. The van der Waals surface area contributed by atoms with Gasteiger partial charge in [0.25, 0.3) is 0 Å². The molecule has 0 aliphatic carbocycles. The van der Waals surface area contributed by atoms with Crippen molar-refractivity contribution in [3.05, 3.63) is 39.3 Å². The van der Waals surface area contributed by atoms with E-state index in [0.717, 1.165) is 17.7 Å². The van der Waals surface area contributed by atoms with Gasteiger partial charge < -0.3 is 9.72 Å². The van der Waals surface area contributed by atoms with E-state index in [9.17, 15) is 0 Å². The molecule has 0 aromatic carbocycles. The summed E-state index contributed by atoms with van der Waals surface area (Å²) in [5.74, 6) is 0.617. The number of ether oxygens (including phenoxy) is 1. The van der Waals surface area contributed by atoms with Gasteiger partial charge in [0.2, 0.25) is 0 Å². The largest absolute Gasteiger partial charge is 0.376 e. The maximum atomic E-state index is 6.11. The number of nitrogens with zero attached hydrogens (tertiary/aromatic N) is 2. The van der Waals surface area contributed by atoms with E-state index in [-0.39, 0.29) is 0 Å². The smallest absolute Gasteiger partial charge is 0.159 e. The fraction of sp³-hybridized carbons (Fsp3) is 0.250. The molecule has 1 aliphatic rings. The van der Waals surface area contributed by atoms with Crippen molar-refractivity contribution in [3.63, 3.8) is 0 Å². The Hall–Kier alpha value is -1.30. The van der Waals surface area contributed by atoms with Crippen molar-refractivity contribution in [1.82, 2.24) is 15.0 Å². The van der Waals surface area contributed by atoms with Crippen LogP contribution in [-0.2, 0) is 17.8 Å². The fourth-order valence-electron chi connectivity index (χ4n) is 1.93. The van der Waals surface area contributed by atoms with Crippen LogP contribution in [0.4, 0.5) is 0 Å². The SMILES string of the molecule is S=c1nc(-c2ncccc2Cl)[nH]c2c1COCC2. The van der Waals surface area contributed by atoms with Crippen LogP contribution in [0.5, 0.6) is 0 Å². The predicted octanol–water partition coefficient (Wildman–Crippen LogP) is 2.93. The van der Waals surface area contributed by atoms with Crippen LogP contribution in [0, 0.1) is 4.64 Å². The summed E-state index contributed by atoms with van der Waals surface area (Å²) in [5.41, 5.74) is 2.66. The summed E-state index contributed by atoms with van der Waals surface area (Å²) in [5, 5.41) is 0.558. The topological polar surface area (TPSA) is 50.8 Å². The van der Waals surface area contributed by atoms with Gasteiger partial charge in [-0.15, -0.1) is 0 Å². The van der Waals surface area contributed by atoms with Crippen LogP contribution in [0.1, 0.15) is 11.3 Å². The van der Waals surface area contributed by atoms with E-state index in [2.05, 4.69) is 15.0 Å². The summed E-state index contributed by atoms with van der Waals surface area (Å²) in [4.78, 5) is 11.8. The Morgan fingerprint density at radius 2 is 2.33 bits per heavy atom. The molecule has 0 radical (unpaired) electrons. The second kappa shape index (κ2) is 4.76. The molecule has 3 heterocycles. The van der Waals surface area contributed by atoms with E-state index in [1.54, 1.807) is 18.3 Å². The standard InChI is InChI=1S/C12H10ClN3OS/c13-8-2-1-4-14-10(8)11-15-9-3-5-17-6-7(9)12(18)16-11/h1-2,4H,3,5-6H2,(H,15,16,18). The number of rotatable bonds is 1. The maximum absolute atomic E-state index is 6.11. The summed E-state index contributed by atoms with van der Waals surface area (Å²) >= 11 is 11.4. The molecule has 92 valence electrons. The van der Waals surface area contributed by atoms with Crippen LogP contribution in [0.25, 0.3) is 11.5 Å². The third kappa shape index (κ3) is 2.05. The quantitative estimate of drug-likeness (QED) is 0.816. The number of hydrogen-bond acceptors (Lipinski definition) is 4. The van der Waals surface area contributed by atoms with Gasteiger partial charge >= 0.3 is 0 Å². The molecule has 18 heavy (non-hydrogen) atoms. The average molecular weight is 280 g/mol. The lowest BCUT2D eigenvalue weighted by atomic mass is 10.1. The summed E-state index contributed by atoms with van der Waals surface area (Å²) in [6.45, 7) is 1.21. The van der Waals surface area contributed by atoms with E-state index in [4.69, 9.17) is 28.6 Å². The lowest BCUT2D eigenvalue weighted by molar-refractivity contribution is 0.108. The van der Waals surface area contributed by atoms with Crippen molar-refractivity contribution in [2.75, 3.05) is 6.61 Å². The number of halogens is 1. The van der Waals surface area contributed by atoms with E-state index in [1.807, 2.05) is 0 Å². The minimum atomic E-state index is 0.522. The Morgan fingerprint density at radius 3 is 3.17 bits per heavy atom. The zero-order chi connectivity index (χ0) is 12.5. The van der Waals surface area contributed by atoms with Crippen molar-refractivity contribution >= 4 is 23.8 Å². The van der Waals surface area contributed by atoms with Crippen molar-refractivity contribution in [2.24, 2.45) is 0 Å². The number of H-pyrrole nitrogens is 1. The minimum Gasteiger partial charge on any atom is -0.376 e. The summed E-state index contributed by atoms with van der Waals surface area (Å²) in [6.07, 6.45) is 2.49. The molecular formula is C12H10ClN3OS. The van der Waals surface area contributed by atoms with Crippen LogP contribution < -0.4 is 0 Å². The predicted molar refractivity (Wildman–Crippen MR) is 71.0 cm³/mol. The molecule has 0 saturated heterocycles. The molecule has 1 N–H and O–H groups in total. The third-order valence-corrected chi connectivity index (χ3v) is 3.47. The number of pyridine rings is 1. The second-order valence-electron chi connectivity index (χ2n) is 3.98. The summed E-state index contributed by atoms with van der Waals surface area (Å²) < 4.78 is 5.93. The van der Waals surface area contributed by atoms with Gasteiger partial charge in [0.1, 0.15) is 10.3 Å². The molecule has 0 saturated carbocycles. The number of aromatic nitrogens is 3. The number of fused-ring (bicyclic) bond motifs is 1. The van der Waals surface area contributed by atoms with E-state index < -0.39 is 0 Å². The first-order valence-corrected chi connectivity index (χ1v) is 6.35. The van der Waals surface area contributed by atoms with Gasteiger partial charge in [-0.25, -0.2) is 4.98 Å². The average Bonchev–Trinajstić information content (AvgIpc) is 2.39. The van der Waals surface area contributed by atoms with Gasteiger partial charge in [-0.3, -0.25) is 4.98 Å². The van der Waals surface area contributed by atoms with E-state index in [0.29, 0.717) is 34.4 Å². The molecule has 0 fully saturated rings. The van der Waals surface area contributed by atoms with Crippen molar-refractivity contribution in [1.29, 1.82) is 0 Å². The Kier molecular flexibility index (Phi) is 3.11. The van der Waals surface area contributed by atoms with Gasteiger partial charge in [-0.2, -0.15) is 0 Å². The number of hydrogen-bond donors (Lipinski definition) is 1. The zero-order valence-electron chi connectivity index (χ0n) is 9.44. The van der Waals surface area contributed by atoms with Crippen LogP contribution in [0.3, 0.4) is 0 Å². The molecule has 0 unspecified atom stereocenters. The normalized spacial score (nSPS) is 14.3. The van der Waals surface area contributed by atoms with E-state index >= 15 is 0 Å². The summed E-state index contributed by atoms with van der Waals surface area (Å²) in [6, 6.07) is 3.57. The molecule has 3 rings (SSSR count). The molecule has 2 aromatic rings. The van der Waals surface area contributed by atoms with Crippen LogP contribution in [0.2, 0.25) is 5.02 Å². The Balaban J connectivity index is 2.17. The Morgan fingerprint density at radius 1 is 1.44 bits per heavy atom. The lowest BCUT2D eigenvalue weighted by Gasteiger charge is -2.17. The van der Waals surface area contributed by atoms with Crippen molar-refractivity contribution in [2.45, 2.75) is 13.0 Å². The molecule has 1 aliphatic heterocycles. The van der Waals surface area contributed by atoms with Crippen molar-refractivity contribution < 1.29 is 4.74 Å². The van der Waals surface area contributed by atoms with Gasteiger partial charge in [0, 0.05) is 23.9 Å². The number of nitrogens with one attached hydrogen (secondary N) is 1. The Labute approximate surface area is 114 Å². The molecular weight excluding hydrogens is 270 g/mol. The third-order valence-electron chi connectivity index (χ3n) is 2.83. The highest BCUT2D eigenvalue weighted by atomic mass is 35.5. The van der Waals surface area contributed by atoms with Gasteiger partial charge in [0.15, 0.2) is 5.82 Å².